The molecule has 6 heteroatoms. The minimum absolute atomic E-state index is 0.139. The van der Waals surface area contributed by atoms with Gasteiger partial charge in [-0.1, -0.05) is 48.5 Å². The van der Waals surface area contributed by atoms with E-state index in [1.807, 2.05) is 60.7 Å². The van der Waals surface area contributed by atoms with Crippen molar-refractivity contribution in [3.8, 4) is 34.4 Å². The summed E-state index contributed by atoms with van der Waals surface area (Å²) >= 11 is 0. The molecule has 0 spiro atoms. The van der Waals surface area contributed by atoms with Crippen LogP contribution in [-0.4, -0.2) is 22.5 Å². The Bertz CT molecular complexity index is 1100. The van der Waals surface area contributed by atoms with Crippen molar-refractivity contribution in [2.24, 2.45) is 0 Å². The molecule has 0 N–H and O–H groups in total. The maximum absolute atomic E-state index is 12.1. The third kappa shape index (κ3) is 3.32. The summed E-state index contributed by atoms with van der Waals surface area (Å²) in [7, 11) is 0. The molecule has 2 aromatic carbocycles. The van der Waals surface area contributed by atoms with Crippen LogP contribution >= 0.6 is 0 Å². The molecule has 0 amide bonds. The van der Waals surface area contributed by atoms with Crippen molar-refractivity contribution in [2.75, 3.05) is 6.61 Å². The van der Waals surface area contributed by atoms with E-state index in [-0.39, 0.29) is 18.2 Å². The second-order valence-electron chi connectivity index (χ2n) is 6.07. The third-order valence-corrected chi connectivity index (χ3v) is 4.15. The van der Waals surface area contributed by atoms with Crippen LogP contribution in [0.1, 0.15) is 23.2 Å². The van der Waals surface area contributed by atoms with Crippen LogP contribution in [0.3, 0.4) is 0 Å². The number of benzene rings is 2. The summed E-state index contributed by atoms with van der Waals surface area (Å²) < 4.78 is 16.9. The molecular weight excluding hydrogens is 356 g/mol. The summed E-state index contributed by atoms with van der Waals surface area (Å²) in [4.78, 5) is 21.0. The first-order valence-electron chi connectivity index (χ1n) is 8.94. The van der Waals surface area contributed by atoms with E-state index in [0.717, 1.165) is 11.1 Å². The lowest BCUT2D eigenvalue weighted by Crippen LogP contribution is -2.06. The molecule has 2 heterocycles. The Morgan fingerprint density at radius 1 is 0.893 bits per heavy atom. The van der Waals surface area contributed by atoms with E-state index in [1.165, 1.54) is 0 Å². The maximum Gasteiger partial charge on any atom is 0.360 e. The smallest absolute Gasteiger partial charge is 0.360 e. The van der Waals surface area contributed by atoms with Crippen molar-refractivity contribution < 1.29 is 18.4 Å². The number of nitrogens with zero attached hydrogens (tertiary/aromatic N) is 2. The molecule has 0 unspecified atom stereocenters. The molecule has 0 radical (unpaired) electrons. The summed E-state index contributed by atoms with van der Waals surface area (Å²) in [5, 5.41) is 0. The van der Waals surface area contributed by atoms with Crippen LogP contribution < -0.4 is 0 Å². The van der Waals surface area contributed by atoms with Gasteiger partial charge in [0, 0.05) is 11.1 Å². The predicted octanol–water partition coefficient (Wildman–Crippen LogP) is 5.15. The van der Waals surface area contributed by atoms with Gasteiger partial charge in [-0.2, -0.15) is 0 Å². The van der Waals surface area contributed by atoms with Crippen LogP contribution in [-0.2, 0) is 4.74 Å². The van der Waals surface area contributed by atoms with Crippen molar-refractivity contribution in [2.45, 2.75) is 13.8 Å². The van der Waals surface area contributed by atoms with E-state index in [2.05, 4.69) is 9.97 Å². The predicted molar refractivity (Wildman–Crippen MR) is 104 cm³/mol. The van der Waals surface area contributed by atoms with E-state index in [1.54, 1.807) is 13.8 Å². The van der Waals surface area contributed by atoms with Gasteiger partial charge < -0.3 is 13.6 Å². The highest BCUT2D eigenvalue weighted by Gasteiger charge is 2.25. The Hall–Kier alpha value is -3.67. The molecule has 2 aromatic heterocycles. The lowest BCUT2D eigenvalue weighted by Gasteiger charge is -1.98. The molecule has 4 rings (SSSR count). The number of ether oxygens (including phenoxy) is 1. The summed E-state index contributed by atoms with van der Waals surface area (Å²) in [6, 6.07) is 19.2. The van der Waals surface area contributed by atoms with Crippen molar-refractivity contribution in [1.82, 2.24) is 9.97 Å². The van der Waals surface area contributed by atoms with E-state index in [0.29, 0.717) is 23.1 Å². The number of carbonyl (C=O) groups excluding carboxylic acids is 1. The number of hydrogen-bond acceptors (Lipinski definition) is 6. The molecule has 140 valence electrons. The van der Waals surface area contributed by atoms with Crippen molar-refractivity contribution >= 4 is 5.97 Å². The fourth-order valence-corrected chi connectivity index (χ4v) is 2.84. The Balaban J connectivity index is 1.85. The first-order valence-corrected chi connectivity index (χ1v) is 8.94. The Labute approximate surface area is 161 Å². The quantitative estimate of drug-likeness (QED) is 0.450. The number of aryl methyl sites for hydroxylation is 1. The lowest BCUT2D eigenvalue weighted by atomic mass is 10.1. The van der Waals surface area contributed by atoms with E-state index in [9.17, 15) is 4.79 Å². The van der Waals surface area contributed by atoms with E-state index >= 15 is 0 Å². The van der Waals surface area contributed by atoms with Gasteiger partial charge in [0.05, 0.1) is 6.61 Å². The first-order chi connectivity index (χ1) is 13.7. The zero-order chi connectivity index (χ0) is 19.5. The fraction of sp³-hybridized carbons (Fsp3) is 0.136. The second-order valence-corrected chi connectivity index (χ2v) is 6.07. The van der Waals surface area contributed by atoms with Gasteiger partial charge in [-0.05, 0) is 26.0 Å². The van der Waals surface area contributed by atoms with Gasteiger partial charge in [0.15, 0.2) is 17.1 Å². The fourth-order valence-electron chi connectivity index (χ4n) is 2.84. The lowest BCUT2D eigenvalue weighted by molar-refractivity contribution is 0.0518. The Morgan fingerprint density at radius 3 is 2.18 bits per heavy atom. The zero-order valence-corrected chi connectivity index (χ0v) is 15.5. The Morgan fingerprint density at radius 2 is 1.54 bits per heavy atom. The number of rotatable bonds is 5. The summed E-state index contributed by atoms with van der Waals surface area (Å²) in [5.41, 5.74) is 2.24. The highest BCUT2D eigenvalue weighted by molar-refractivity contribution is 5.89. The second kappa shape index (κ2) is 7.52. The largest absolute Gasteiger partial charge is 0.461 e. The van der Waals surface area contributed by atoms with E-state index in [4.69, 9.17) is 13.6 Å². The highest BCUT2D eigenvalue weighted by Crippen LogP contribution is 2.36. The van der Waals surface area contributed by atoms with Gasteiger partial charge >= 0.3 is 5.97 Å². The van der Waals surface area contributed by atoms with Gasteiger partial charge in [0.1, 0.15) is 5.76 Å². The molecule has 0 saturated heterocycles. The third-order valence-electron chi connectivity index (χ3n) is 4.15. The van der Waals surface area contributed by atoms with Crippen LogP contribution in [0.5, 0.6) is 0 Å². The monoisotopic (exact) mass is 374 g/mol. The molecule has 4 aromatic rings. The molecule has 6 nitrogen and oxygen atoms in total. The molecule has 0 aliphatic rings. The van der Waals surface area contributed by atoms with Crippen molar-refractivity contribution in [3.63, 3.8) is 0 Å². The molecule has 0 fully saturated rings. The molecule has 0 saturated carbocycles. The minimum Gasteiger partial charge on any atom is -0.461 e. The minimum atomic E-state index is -0.525. The molecular formula is C22H18N2O4. The van der Waals surface area contributed by atoms with Crippen LogP contribution in [0.25, 0.3) is 34.4 Å². The van der Waals surface area contributed by atoms with Crippen LogP contribution in [0.2, 0.25) is 0 Å². The maximum atomic E-state index is 12.1. The molecule has 28 heavy (non-hydrogen) atoms. The van der Waals surface area contributed by atoms with Gasteiger partial charge in [-0.25, -0.2) is 14.8 Å². The SMILES string of the molecule is CCOC(=O)c1nc(-c2nc(-c3ccccc3)oc2-c2ccccc2)oc1C. The molecule has 0 bridgehead atoms. The zero-order valence-electron chi connectivity index (χ0n) is 15.5. The summed E-state index contributed by atoms with van der Waals surface area (Å²) in [5.74, 6) is 1.03. The first kappa shape index (κ1) is 17.7. The van der Waals surface area contributed by atoms with Gasteiger partial charge in [0.2, 0.25) is 11.8 Å². The topological polar surface area (TPSA) is 78.4 Å². The van der Waals surface area contributed by atoms with Gasteiger partial charge in [-0.3, -0.25) is 0 Å². The normalized spacial score (nSPS) is 10.8. The number of hydrogen-bond donors (Lipinski definition) is 0. The van der Waals surface area contributed by atoms with Gasteiger partial charge in [-0.15, -0.1) is 0 Å². The Kier molecular flexibility index (Phi) is 4.76. The van der Waals surface area contributed by atoms with Crippen LogP contribution in [0.15, 0.2) is 69.5 Å². The van der Waals surface area contributed by atoms with E-state index < -0.39 is 5.97 Å². The standard InChI is InChI=1S/C22H18N2O4/c1-3-26-22(25)17-14(2)27-21(23-17)18-19(15-10-6-4-7-11-15)28-20(24-18)16-12-8-5-9-13-16/h4-13H,3H2,1-2H3. The van der Waals surface area contributed by atoms with Gasteiger partial charge in [0.25, 0.3) is 0 Å². The number of carbonyl (C=O) groups is 1. The van der Waals surface area contributed by atoms with Crippen molar-refractivity contribution in [3.05, 3.63) is 72.1 Å². The average molecular weight is 374 g/mol. The number of oxazole rings is 2. The van der Waals surface area contributed by atoms with Crippen LogP contribution in [0, 0.1) is 6.92 Å². The molecule has 0 aliphatic carbocycles. The molecule has 0 atom stereocenters. The summed E-state index contributed by atoms with van der Waals surface area (Å²) in [6.45, 7) is 3.67. The van der Waals surface area contributed by atoms with Crippen LogP contribution in [0.4, 0.5) is 0 Å². The number of esters is 1. The highest BCUT2D eigenvalue weighted by atomic mass is 16.5. The molecule has 0 aliphatic heterocycles. The van der Waals surface area contributed by atoms with Crippen molar-refractivity contribution in [1.29, 1.82) is 0 Å². The average Bonchev–Trinajstić information content (AvgIpc) is 3.33. The summed E-state index contributed by atoms with van der Waals surface area (Å²) in [6.07, 6.45) is 0. The number of aromatic nitrogens is 2.